The lowest BCUT2D eigenvalue weighted by Gasteiger charge is -2.16. The first-order valence-corrected chi connectivity index (χ1v) is 5.55. The van der Waals surface area contributed by atoms with Crippen LogP contribution in [0.2, 0.25) is 0 Å². The number of nitrogens with zero attached hydrogens (tertiary/aromatic N) is 3. The first-order chi connectivity index (χ1) is 8.66. The van der Waals surface area contributed by atoms with Crippen LogP contribution < -0.4 is 10.6 Å². The van der Waals surface area contributed by atoms with E-state index in [-0.39, 0.29) is 12.3 Å². The van der Waals surface area contributed by atoms with Gasteiger partial charge in [-0.25, -0.2) is 4.98 Å². The molecule has 0 bridgehead atoms. The molecule has 2 aromatic rings. The van der Waals surface area contributed by atoms with Crippen LogP contribution in [0.5, 0.6) is 0 Å². The number of amides is 1. The Morgan fingerprint density at radius 3 is 2.72 bits per heavy atom. The van der Waals surface area contributed by atoms with Crippen molar-refractivity contribution < 1.29 is 4.79 Å². The number of carbonyl (C=O) groups is 1. The third-order valence-electron chi connectivity index (χ3n) is 2.59. The highest BCUT2D eigenvalue weighted by molar-refractivity contribution is 5.93. The highest BCUT2D eigenvalue weighted by Gasteiger charge is 2.12. The number of carbonyl (C=O) groups excluding carboxylic acids is 1. The number of nitrogen functional groups attached to an aromatic ring is 1. The molecule has 0 aliphatic heterocycles. The zero-order valence-electron chi connectivity index (χ0n) is 10.1. The molecule has 0 aliphatic carbocycles. The van der Waals surface area contributed by atoms with Gasteiger partial charge >= 0.3 is 0 Å². The summed E-state index contributed by atoms with van der Waals surface area (Å²) in [7, 11) is 1.71. The van der Waals surface area contributed by atoms with Crippen molar-refractivity contribution in [3.05, 3.63) is 48.4 Å². The van der Waals surface area contributed by atoms with Crippen molar-refractivity contribution in [2.75, 3.05) is 17.7 Å². The number of hydrogen-bond donors (Lipinski definition) is 1. The van der Waals surface area contributed by atoms with Gasteiger partial charge in [0.15, 0.2) is 0 Å². The molecule has 1 amide bonds. The number of anilines is 2. The fraction of sp³-hybridized carbons (Fsp3) is 0.154. The smallest absolute Gasteiger partial charge is 0.232 e. The SMILES string of the molecule is CN(C(=O)Cc1ccccn1)c1ccc(N)nc1. The van der Waals surface area contributed by atoms with Crippen molar-refractivity contribution in [1.29, 1.82) is 0 Å². The fourth-order valence-corrected chi connectivity index (χ4v) is 1.52. The minimum Gasteiger partial charge on any atom is -0.384 e. The van der Waals surface area contributed by atoms with Gasteiger partial charge < -0.3 is 10.6 Å². The van der Waals surface area contributed by atoms with Crippen molar-refractivity contribution in [2.45, 2.75) is 6.42 Å². The zero-order chi connectivity index (χ0) is 13.0. The van der Waals surface area contributed by atoms with E-state index in [1.165, 1.54) is 0 Å². The number of pyridine rings is 2. The molecule has 0 spiro atoms. The van der Waals surface area contributed by atoms with Crippen LogP contribution in [0.4, 0.5) is 11.5 Å². The summed E-state index contributed by atoms with van der Waals surface area (Å²) in [4.78, 5) is 21.7. The van der Waals surface area contributed by atoms with E-state index < -0.39 is 0 Å². The summed E-state index contributed by atoms with van der Waals surface area (Å²) in [5.41, 5.74) is 6.96. The van der Waals surface area contributed by atoms with Gasteiger partial charge in [-0.15, -0.1) is 0 Å². The van der Waals surface area contributed by atoms with Gasteiger partial charge in [-0.05, 0) is 24.3 Å². The standard InChI is InChI=1S/C13H14N4O/c1-17(11-5-6-12(14)16-9-11)13(18)8-10-4-2-3-7-15-10/h2-7,9H,8H2,1H3,(H2,14,16). The van der Waals surface area contributed by atoms with E-state index in [1.54, 1.807) is 36.5 Å². The van der Waals surface area contributed by atoms with Gasteiger partial charge in [-0.1, -0.05) is 6.07 Å². The Bertz CT molecular complexity index is 524. The van der Waals surface area contributed by atoms with Crippen molar-refractivity contribution >= 4 is 17.4 Å². The quantitative estimate of drug-likeness (QED) is 0.879. The summed E-state index contributed by atoms with van der Waals surface area (Å²) >= 11 is 0. The highest BCUT2D eigenvalue weighted by Crippen LogP contribution is 2.13. The average molecular weight is 242 g/mol. The molecule has 2 heterocycles. The van der Waals surface area contributed by atoms with Crippen molar-refractivity contribution in [3.8, 4) is 0 Å². The Labute approximate surface area is 105 Å². The normalized spacial score (nSPS) is 10.1. The van der Waals surface area contributed by atoms with Crippen LogP contribution in [0.3, 0.4) is 0 Å². The third-order valence-corrected chi connectivity index (χ3v) is 2.59. The largest absolute Gasteiger partial charge is 0.384 e. The first-order valence-electron chi connectivity index (χ1n) is 5.55. The van der Waals surface area contributed by atoms with E-state index >= 15 is 0 Å². The van der Waals surface area contributed by atoms with E-state index in [4.69, 9.17) is 5.73 Å². The van der Waals surface area contributed by atoms with Crippen LogP contribution in [0, 0.1) is 0 Å². The molecule has 5 nitrogen and oxygen atoms in total. The predicted molar refractivity (Wildman–Crippen MR) is 70.0 cm³/mol. The van der Waals surface area contributed by atoms with Gasteiger partial charge in [0.2, 0.25) is 5.91 Å². The predicted octanol–water partition coefficient (Wildman–Crippen LogP) is 1.26. The number of rotatable bonds is 3. The molecule has 2 rings (SSSR count). The Hall–Kier alpha value is -2.43. The molecule has 0 unspecified atom stereocenters. The number of nitrogens with two attached hydrogens (primary N) is 1. The molecule has 0 fully saturated rings. The van der Waals surface area contributed by atoms with Gasteiger partial charge in [0.05, 0.1) is 18.3 Å². The molecule has 0 saturated heterocycles. The summed E-state index contributed by atoms with van der Waals surface area (Å²) in [6.07, 6.45) is 3.51. The summed E-state index contributed by atoms with van der Waals surface area (Å²) in [5.74, 6) is 0.393. The lowest BCUT2D eigenvalue weighted by molar-refractivity contribution is -0.117. The van der Waals surface area contributed by atoms with Crippen LogP contribution >= 0.6 is 0 Å². The zero-order valence-corrected chi connectivity index (χ0v) is 10.1. The number of likely N-dealkylation sites (N-methyl/N-ethyl adjacent to an activating group) is 1. The Morgan fingerprint density at radius 2 is 2.11 bits per heavy atom. The molecule has 0 atom stereocenters. The second-order valence-electron chi connectivity index (χ2n) is 3.89. The van der Waals surface area contributed by atoms with Crippen LogP contribution in [0.1, 0.15) is 5.69 Å². The molecule has 18 heavy (non-hydrogen) atoms. The first kappa shape index (κ1) is 12.0. The van der Waals surface area contributed by atoms with E-state index in [9.17, 15) is 4.79 Å². The van der Waals surface area contributed by atoms with Gasteiger partial charge in [-0.3, -0.25) is 9.78 Å². The molecule has 5 heteroatoms. The lowest BCUT2D eigenvalue weighted by Crippen LogP contribution is -2.28. The van der Waals surface area contributed by atoms with Crippen LogP contribution in [0.15, 0.2) is 42.7 Å². The second-order valence-corrected chi connectivity index (χ2v) is 3.89. The van der Waals surface area contributed by atoms with Crippen LogP contribution in [0.25, 0.3) is 0 Å². The Kier molecular flexibility index (Phi) is 3.52. The molecule has 0 radical (unpaired) electrons. The topological polar surface area (TPSA) is 72.1 Å². The van der Waals surface area contributed by atoms with E-state index in [0.717, 1.165) is 5.69 Å². The van der Waals surface area contributed by atoms with E-state index in [1.807, 2.05) is 18.2 Å². The van der Waals surface area contributed by atoms with E-state index in [0.29, 0.717) is 11.5 Å². The molecule has 0 aromatic carbocycles. The van der Waals surface area contributed by atoms with Gasteiger partial charge in [0.25, 0.3) is 0 Å². The molecular formula is C13H14N4O. The number of hydrogen-bond acceptors (Lipinski definition) is 4. The highest BCUT2D eigenvalue weighted by atomic mass is 16.2. The number of aromatic nitrogens is 2. The maximum Gasteiger partial charge on any atom is 0.232 e. The van der Waals surface area contributed by atoms with Crippen molar-refractivity contribution in [3.63, 3.8) is 0 Å². The maximum absolute atomic E-state index is 12.0. The van der Waals surface area contributed by atoms with Gasteiger partial charge in [0, 0.05) is 18.9 Å². The lowest BCUT2D eigenvalue weighted by atomic mass is 10.2. The third kappa shape index (κ3) is 2.82. The monoisotopic (exact) mass is 242 g/mol. The molecule has 0 saturated carbocycles. The van der Waals surface area contributed by atoms with Gasteiger partial charge in [-0.2, -0.15) is 0 Å². The van der Waals surface area contributed by atoms with Crippen LogP contribution in [-0.2, 0) is 11.2 Å². The van der Waals surface area contributed by atoms with Crippen LogP contribution in [-0.4, -0.2) is 22.9 Å². The minimum atomic E-state index is -0.0414. The molecule has 0 aliphatic rings. The molecule has 2 aromatic heterocycles. The molecular weight excluding hydrogens is 228 g/mol. The van der Waals surface area contributed by atoms with E-state index in [2.05, 4.69) is 9.97 Å². The Balaban J connectivity index is 2.07. The molecule has 2 N–H and O–H groups in total. The van der Waals surface area contributed by atoms with Gasteiger partial charge in [0.1, 0.15) is 5.82 Å². The fourth-order valence-electron chi connectivity index (χ4n) is 1.52. The summed E-state index contributed by atoms with van der Waals surface area (Å²) in [5, 5.41) is 0. The second kappa shape index (κ2) is 5.27. The van der Waals surface area contributed by atoms with Crippen molar-refractivity contribution in [2.24, 2.45) is 0 Å². The minimum absolute atomic E-state index is 0.0414. The maximum atomic E-state index is 12.0. The average Bonchev–Trinajstić information content (AvgIpc) is 2.40. The molecule has 92 valence electrons. The summed E-state index contributed by atoms with van der Waals surface area (Å²) in [6, 6.07) is 8.94. The summed E-state index contributed by atoms with van der Waals surface area (Å²) < 4.78 is 0. The Morgan fingerprint density at radius 1 is 1.28 bits per heavy atom. The summed E-state index contributed by atoms with van der Waals surface area (Å²) in [6.45, 7) is 0. The van der Waals surface area contributed by atoms with Crippen molar-refractivity contribution in [1.82, 2.24) is 9.97 Å².